The number of fused-ring (bicyclic) bond motifs is 1. The number of benzene rings is 1. The summed E-state index contributed by atoms with van der Waals surface area (Å²) >= 11 is 3.47. The van der Waals surface area contributed by atoms with Crippen LogP contribution >= 0.6 is 15.9 Å². The van der Waals surface area contributed by atoms with Crippen LogP contribution in [0, 0.1) is 0 Å². The van der Waals surface area contributed by atoms with Gasteiger partial charge in [-0.2, -0.15) is 0 Å². The van der Waals surface area contributed by atoms with Gasteiger partial charge < -0.3 is 9.64 Å². The van der Waals surface area contributed by atoms with E-state index in [0.29, 0.717) is 6.54 Å². The maximum atomic E-state index is 12.0. The van der Waals surface area contributed by atoms with Crippen molar-refractivity contribution >= 4 is 21.8 Å². The third-order valence-electron chi connectivity index (χ3n) is 3.19. The molecule has 0 radical (unpaired) electrons. The van der Waals surface area contributed by atoms with Gasteiger partial charge in [-0.25, -0.2) is 0 Å². The molecule has 1 aromatic carbocycles. The maximum absolute atomic E-state index is 12.0. The molecule has 2 rings (SSSR count). The Morgan fingerprint density at radius 3 is 2.94 bits per heavy atom. The van der Waals surface area contributed by atoms with Gasteiger partial charge in [-0.3, -0.25) is 4.79 Å². The number of carbonyl (C=O) groups is 1. The Kier molecular flexibility index (Phi) is 3.84. The Morgan fingerprint density at radius 2 is 2.24 bits per heavy atom. The smallest absolute Gasteiger partial charge is 0.251 e. The van der Waals surface area contributed by atoms with Crippen molar-refractivity contribution in [3.05, 3.63) is 33.8 Å². The third-order valence-corrected chi connectivity index (χ3v) is 3.69. The number of carbonyl (C=O) groups excluding carboxylic acids is 1. The highest BCUT2D eigenvalue weighted by molar-refractivity contribution is 9.10. The lowest BCUT2D eigenvalue weighted by Crippen LogP contribution is -2.41. The molecule has 17 heavy (non-hydrogen) atoms. The first-order chi connectivity index (χ1) is 8.11. The van der Waals surface area contributed by atoms with E-state index >= 15 is 0 Å². The third kappa shape index (κ3) is 2.69. The van der Waals surface area contributed by atoms with Crippen LogP contribution in [0.4, 0.5) is 0 Å². The van der Waals surface area contributed by atoms with E-state index in [4.69, 9.17) is 4.74 Å². The largest absolute Gasteiger partial charge is 0.372 e. The molecule has 4 heteroatoms. The molecule has 1 atom stereocenters. The number of rotatable bonds is 2. The van der Waals surface area contributed by atoms with Gasteiger partial charge >= 0.3 is 0 Å². The summed E-state index contributed by atoms with van der Waals surface area (Å²) in [4.78, 5) is 13.9. The van der Waals surface area contributed by atoms with Gasteiger partial charge in [0.1, 0.15) is 6.10 Å². The van der Waals surface area contributed by atoms with Gasteiger partial charge in [-0.15, -0.1) is 0 Å². The lowest BCUT2D eigenvalue weighted by molar-refractivity contribution is -0.141. The summed E-state index contributed by atoms with van der Waals surface area (Å²) in [5, 5.41) is 0. The first kappa shape index (κ1) is 12.6. The van der Waals surface area contributed by atoms with E-state index in [2.05, 4.69) is 28.1 Å². The Labute approximate surface area is 110 Å². The summed E-state index contributed by atoms with van der Waals surface area (Å²) in [6, 6.07) is 6.24. The van der Waals surface area contributed by atoms with Crippen molar-refractivity contribution in [2.75, 3.05) is 13.7 Å². The summed E-state index contributed by atoms with van der Waals surface area (Å²) in [5.41, 5.74) is 2.56. The molecule has 0 saturated heterocycles. The lowest BCUT2D eigenvalue weighted by Gasteiger charge is -2.30. The van der Waals surface area contributed by atoms with Crippen LogP contribution in [0.25, 0.3) is 0 Å². The Bertz CT molecular complexity index is 433. The normalized spacial score (nSPS) is 16.5. The Balaban J connectivity index is 2.13. The van der Waals surface area contributed by atoms with E-state index < -0.39 is 0 Å². The van der Waals surface area contributed by atoms with Crippen LogP contribution in [0.2, 0.25) is 0 Å². The van der Waals surface area contributed by atoms with Crippen molar-refractivity contribution in [2.24, 2.45) is 0 Å². The Morgan fingerprint density at radius 1 is 1.47 bits per heavy atom. The highest BCUT2D eigenvalue weighted by Gasteiger charge is 2.24. The number of methoxy groups -OCH3 is 1. The van der Waals surface area contributed by atoms with Gasteiger partial charge in [-0.1, -0.05) is 22.0 Å². The highest BCUT2D eigenvalue weighted by Crippen LogP contribution is 2.23. The topological polar surface area (TPSA) is 29.5 Å². The second-order valence-corrected chi connectivity index (χ2v) is 5.22. The van der Waals surface area contributed by atoms with Crippen LogP contribution in [0.3, 0.4) is 0 Å². The van der Waals surface area contributed by atoms with Crippen molar-refractivity contribution < 1.29 is 9.53 Å². The lowest BCUT2D eigenvalue weighted by atomic mass is 9.99. The highest BCUT2D eigenvalue weighted by atomic mass is 79.9. The molecule has 0 fully saturated rings. The predicted octanol–water partition coefficient (Wildman–Crippen LogP) is 2.37. The van der Waals surface area contributed by atoms with Crippen LogP contribution in [0.1, 0.15) is 18.1 Å². The summed E-state index contributed by atoms with van der Waals surface area (Å²) in [6.45, 7) is 3.25. The first-order valence-electron chi connectivity index (χ1n) is 5.70. The van der Waals surface area contributed by atoms with E-state index in [9.17, 15) is 4.79 Å². The van der Waals surface area contributed by atoms with Crippen LogP contribution in [-0.2, 0) is 22.5 Å². The van der Waals surface area contributed by atoms with Crippen LogP contribution in [0.15, 0.2) is 22.7 Å². The average Bonchev–Trinajstić information content (AvgIpc) is 2.36. The average molecular weight is 298 g/mol. The molecule has 1 unspecified atom stereocenters. The zero-order valence-electron chi connectivity index (χ0n) is 10.1. The van der Waals surface area contributed by atoms with Gasteiger partial charge in [0.25, 0.3) is 5.91 Å². The second-order valence-electron chi connectivity index (χ2n) is 4.30. The number of hydrogen-bond acceptors (Lipinski definition) is 2. The number of amides is 1. The molecular formula is C13H16BrNO2. The monoisotopic (exact) mass is 297 g/mol. The fraction of sp³-hybridized carbons (Fsp3) is 0.462. The second kappa shape index (κ2) is 5.19. The molecule has 0 aliphatic carbocycles. The van der Waals surface area contributed by atoms with Crippen molar-refractivity contribution in [2.45, 2.75) is 26.0 Å². The zero-order chi connectivity index (χ0) is 12.4. The van der Waals surface area contributed by atoms with E-state index in [0.717, 1.165) is 17.4 Å². The standard InChI is InChI=1S/C13H16BrNO2/c1-9(17-2)13(16)15-6-5-10-7-12(14)4-3-11(10)8-15/h3-4,7,9H,5-6,8H2,1-2H3. The molecule has 0 bridgehead atoms. The molecule has 1 amide bonds. The number of halogens is 1. The van der Waals surface area contributed by atoms with Crippen molar-refractivity contribution in [3.8, 4) is 0 Å². The van der Waals surface area contributed by atoms with Crippen molar-refractivity contribution in [3.63, 3.8) is 0 Å². The van der Waals surface area contributed by atoms with Crippen LogP contribution < -0.4 is 0 Å². The molecule has 1 aliphatic rings. The van der Waals surface area contributed by atoms with E-state index in [-0.39, 0.29) is 12.0 Å². The van der Waals surface area contributed by atoms with Crippen molar-refractivity contribution in [1.82, 2.24) is 4.90 Å². The van der Waals surface area contributed by atoms with E-state index in [1.165, 1.54) is 11.1 Å². The minimum atomic E-state index is -0.355. The van der Waals surface area contributed by atoms with Crippen LogP contribution in [-0.4, -0.2) is 30.6 Å². The molecule has 1 aliphatic heterocycles. The molecular weight excluding hydrogens is 282 g/mol. The quantitative estimate of drug-likeness (QED) is 0.839. The summed E-state index contributed by atoms with van der Waals surface area (Å²) in [6.07, 6.45) is 0.559. The Hall–Kier alpha value is -0.870. The summed E-state index contributed by atoms with van der Waals surface area (Å²) < 4.78 is 6.17. The molecule has 0 saturated carbocycles. The minimum Gasteiger partial charge on any atom is -0.372 e. The van der Waals surface area contributed by atoms with Gasteiger partial charge in [0.2, 0.25) is 0 Å². The van der Waals surface area contributed by atoms with E-state index in [1.807, 2.05) is 11.0 Å². The van der Waals surface area contributed by atoms with Gasteiger partial charge in [-0.05, 0) is 36.6 Å². The van der Waals surface area contributed by atoms with Gasteiger partial charge in [0.05, 0.1) is 0 Å². The molecule has 92 valence electrons. The summed E-state index contributed by atoms with van der Waals surface area (Å²) in [7, 11) is 1.57. The SMILES string of the molecule is COC(C)C(=O)N1CCc2cc(Br)ccc2C1. The molecule has 0 aromatic heterocycles. The minimum absolute atomic E-state index is 0.0704. The fourth-order valence-corrected chi connectivity index (χ4v) is 2.48. The van der Waals surface area contributed by atoms with E-state index in [1.54, 1.807) is 14.0 Å². The first-order valence-corrected chi connectivity index (χ1v) is 6.50. The molecule has 3 nitrogen and oxygen atoms in total. The molecule has 0 spiro atoms. The van der Waals surface area contributed by atoms with Crippen LogP contribution in [0.5, 0.6) is 0 Å². The molecule has 1 aromatic rings. The maximum Gasteiger partial charge on any atom is 0.251 e. The molecule has 1 heterocycles. The molecule has 0 N–H and O–H groups in total. The number of nitrogens with zero attached hydrogens (tertiary/aromatic N) is 1. The number of ether oxygens (including phenoxy) is 1. The zero-order valence-corrected chi connectivity index (χ0v) is 11.7. The summed E-state index contributed by atoms with van der Waals surface area (Å²) in [5.74, 6) is 0.0704. The van der Waals surface area contributed by atoms with Crippen molar-refractivity contribution in [1.29, 1.82) is 0 Å². The fourth-order valence-electron chi connectivity index (χ4n) is 2.07. The van der Waals surface area contributed by atoms with Gasteiger partial charge in [0, 0.05) is 24.7 Å². The predicted molar refractivity (Wildman–Crippen MR) is 69.7 cm³/mol. The van der Waals surface area contributed by atoms with Gasteiger partial charge in [0.15, 0.2) is 0 Å². The number of hydrogen-bond donors (Lipinski definition) is 0.